The maximum Gasteiger partial charge on any atom is 0.193 e. The number of halogens is 1. The summed E-state index contributed by atoms with van der Waals surface area (Å²) in [5.41, 5.74) is 6.85. The predicted octanol–water partition coefficient (Wildman–Crippen LogP) is 2.15. The Bertz CT molecular complexity index is 499. The fourth-order valence-electron chi connectivity index (χ4n) is 2.70. The lowest BCUT2D eigenvalue weighted by atomic mass is 10.2. The summed E-state index contributed by atoms with van der Waals surface area (Å²) in [6.07, 6.45) is 2.38. The maximum absolute atomic E-state index is 5.98. The van der Waals surface area contributed by atoms with Crippen LogP contribution in [0.15, 0.2) is 29.3 Å². The fourth-order valence-corrected chi connectivity index (χ4v) is 2.70. The quantitative estimate of drug-likeness (QED) is 0.391. The van der Waals surface area contributed by atoms with Crippen molar-refractivity contribution in [2.75, 3.05) is 45.8 Å². The first-order valence-corrected chi connectivity index (χ1v) is 7.67. The summed E-state index contributed by atoms with van der Waals surface area (Å²) in [6.45, 7) is 3.55. The molecule has 1 saturated heterocycles. The number of anilines is 1. The zero-order chi connectivity index (χ0) is 15.8. The number of methoxy groups -OCH3 is 2. The molecular weight excluding hydrogens is 407 g/mol. The van der Waals surface area contributed by atoms with Gasteiger partial charge in [-0.2, -0.15) is 0 Å². The third kappa shape index (κ3) is 6.52. The Kier molecular flexibility index (Phi) is 9.27. The number of ether oxygens (including phenoxy) is 2. The second kappa shape index (κ2) is 10.7. The van der Waals surface area contributed by atoms with Gasteiger partial charge in [-0.3, -0.25) is 9.89 Å². The molecule has 3 N–H and O–H groups in total. The van der Waals surface area contributed by atoms with Gasteiger partial charge in [-0.25, -0.2) is 0 Å². The number of nitrogens with zero attached hydrogens (tertiary/aromatic N) is 2. The van der Waals surface area contributed by atoms with Crippen LogP contribution in [0.2, 0.25) is 0 Å². The first kappa shape index (κ1) is 20.0. The van der Waals surface area contributed by atoms with Gasteiger partial charge in [-0.15, -0.1) is 24.0 Å². The molecule has 7 heteroatoms. The number of nitrogens with one attached hydrogen (secondary N) is 1. The molecule has 1 atom stereocenters. The lowest BCUT2D eigenvalue weighted by molar-refractivity contribution is 0.143. The Morgan fingerprint density at radius 2 is 2.26 bits per heavy atom. The van der Waals surface area contributed by atoms with E-state index in [1.54, 1.807) is 14.2 Å². The maximum atomic E-state index is 5.98. The molecule has 2 rings (SSSR count). The van der Waals surface area contributed by atoms with E-state index in [1.165, 1.54) is 12.8 Å². The van der Waals surface area contributed by atoms with Crippen molar-refractivity contribution in [1.29, 1.82) is 0 Å². The number of guanidine groups is 1. The number of hydrogen-bond acceptors (Lipinski definition) is 4. The van der Waals surface area contributed by atoms with Gasteiger partial charge >= 0.3 is 0 Å². The Morgan fingerprint density at radius 3 is 3.00 bits per heavy atom. The highest BCUT2D eigenvalue weighted by atomic mass is 127. The SMILES string of the molecule is COCCN1CCCC1CN=C(N)Nc1cccc(OC)c1.I. The van der Waals surface area contributed by atoms with Crippen LogP contribution < -0.4 is 15.8 Å². The number of likely N-dealkylation sites (tertiary alicyclic amines) is 1. The van der Waals surface area contributed by atoms with Crippen LogP contribution in [0.25, 0.3) is 0 Å². The molecule has 1 aromatic carbocycles. The Labute approximate surface area is 155 Å². The van der Waals surface area contributed by atoms with E-state index < -0.39 is 0 Å². The van der Waals surface area contributed by atoms with Gasteiger partial charge in [0, 0.05) is 31.5 Å². The van der Waals surface area contributed by atoms with Crippen molar-refractivity contribution in [3.8, 4) is 5.75 Å². The fraction of sp³-hybridized carbons (Fsp3) is 0.562. The van der Waals surface area contributed by atoms with Crippen LogP contribution in [-0.4, -0.2) is 57.4 Å². The molecule has 1 aliphatic rings. The minimum atomic E-state index is 0. The van der Waals surface area contributed by atoms with Crippen LogP contribution >= 0.6 is 24.0 Å². The molecule has 1 aromatic rings. The van der Waals surface area contributed by atoms with Gasteiger partial charge in [-0.1, -0.05) is 6.07 Å². The van der Waals surface area contributed by atoms with E-state index in [9.17, 15) is 0 Å². The van der Waals surface area contributed by atoms with Gasteiger partial charge in [0.15, 0.2) is 5.96 Å². The lowest BCUT2D eigenvalue weighted by Crippen LogP contribution is -2.35. The van der Waals surface area contributed by atoms with E-state index in [1.807, 2.05) is 24.3 Å². The zero-order valence-corrected chi connectivity index (χ0v) is 16.2. The van der Waals surface area contributed by atoms with Crippen LogP contribution in [0, 0.1) is 0 Å². The summed E-state index contributed by atoms with van der Waals surface area (Å²) in [5, 5.41) is 3.10. The van der Waals surface area contributed by atoms with Crippen molar-refractivity contribution in [3.63, 3.8) is 0 Å². The van der Waals surface area contributed by atoms with Gasteiger partial charge in [-0.05, 0) is 31.5 Å². The second-order valence-electron chi connectivity index (χ2n) is 5.41. The normalized spacial score (nSPS) is 18.5. The van der Waals surface area contributed by atoms with Crippen molar-refractivity contribution >= 4 is 35.6 Å². The van der Waals surface area contributed by atoms with E-state index in [0.29, 0.717) is 18.5 Å². The van der Waals surface area contributed by atoms with Gasteiger partial charge in [0.25, 0.3) is 0 Å². The van der Waals surface area contributed by atoms with Crippen LogP contribution in [-0.2, 0) is 4.74 Å². The van der Waals surface area contributed by atoms with Crippen LogP contribution in [0.1, 0.15) is 12.8 Å². The van der Waals surface area contributed by atoms with Crippen molar-refractivity contribution in [2.45, 2.75) is 18.9 Å². The summed E-state index contributed by atoms with van der Waals surface area (Å²) < 4.78 is 10.3. The van der Waals surface area contributed by atoms with E-state index in [-0.39, 0.29) is 24.0 Å². The van der Waals surface area contributed by atoms with Crippen LogP contribution in [0.5, 0.6) is 5.75 Å². The van der Waals surface area contributed by atoms with Crippen molar-refractivity contribution < 1.29 is 9.47 Å². The number of rotatable bonds is 7. The molecule has 0 aliphatic carbocycles. The molecule has 23 heavy (non-hydrogen) atoms. The van der Waals surface area contributed by atoms with Crippen LogP contribution in [0.3, 0.4) is 0 Å². The summed E-state index contributed by atoms with van der Waals surface area (Å²) in [4.78, 5) is 6.90. The van der Waals surface area contributed by atoms with Gasteiger partial charge < -0.3 is 20.5 Å². The lowest BCUT2D eigenvalue weighted by Gasteiger charge is -2.22. The highest BCUT2D eigenvalue weighted by molar-refractivity contribution is 14.0. The summed E-state index contributed by atoms with van der Waals surface area (Å²) in [7, 11) is 3.38. The Hall–Kier alpha value is -1.06. The number of aliphatic imine (C=N–C) groups is 1. The average Bonchev–Trinajstić information content (AvgIpc) is 2.98. The monoisotopic (exact) mass is 434 g/mol. The predicted molar refractivity (Wildman–Crippen MR) is 105 cm³/mol. The summed E-state index contributed by atoms with van der Waals surface area (Å²) in [5.74, 6) is 1.23. The largest absolute Gasteiger partial charge is 0.497 e. The smallest absolute Gasteiger partial charge is 0.193 e. The Balaban J connectivity index is 0.00000264. The molecule has 1 unspecified atom stereocenters. The Morgan fingerprint density at radius 1 is 1.43 bits per heavy atom. The molecule has 1 heterocycles. The third-order valence-corrected chi connectivity index (χ3v) is 3.90. The molecule has 0 bridgehead atoms. The minimum absolute atomic E-state index is 0. The van der Waals surface area contributed by atoms with Gasteiger partial charge in [0.1, 0.15) is 5.75 Å². The van der Waals surface area contributed by atoms with Gasteiger partial charge in [0.2, 0.25) is 0 Å². The first-order chi connectivity index (χ1) is 10.7. The first-order valence-electron chi connectivity index (χ1n) is 7.67. The molecule has 0 amide bonds. The van der Waals surface area contributed by atoms with E-state index in [0.717, 1.165) is 31.1 Å². The molecular formula is C16H27IN4O2. The van der Waals surface area contributed by atoms with Crippen molar-refractivity contribution in [1.82, 2.24) is 4.90 Å². The van der Waals surface area contributed by atoms with Crippen molar-refractivity contribution in [3.05, 3.63) is 24.3 Å². The molecule has 0 radical (unpaired) electrons. The van der Waals surface area contributed by atoms with E-state index in [2.05, 4.69) is 15.2 Å². The number of benzene rings is 1. The average molecular weight is 434 g/mol. The molecule has 0 saturated carbocycles. The van der Waals surface area contributed by atoms with Gasteiger partial charge in [0.05, 0.1) is 20.3 Å². The molecule has 0 spiro atoms. The summed E-state index contributed by atoms with van der Waals surface area (Å²) >= 11 is 0. The molecule has 1 aliphatic heterocycles. The molecule has 1 fully saturated rings. The second-order valence-corrected chi connectivity index (χ2v) is 5.41. The standard InChI is InChI=1S/C16H26N4O2.HI/c1-21-10-9-20-8-4-6-14(20)12-18-16(17)19-13-5-3-7-15(11-13)22-2;/h3,5,7,11,14H,4,6,8-10,12H2,1-2H3,(H3,17,18,19);1H. The van der Waals surface area contributed by atoms with E-state index in [4.69, 9.17) is 15.2 Å². The zero-order valence-electron chi connectivity index (χ0n) is 13.8. The molecule has 130 valence electrons. The number of hydrogen-bond donors (Lipinski definition) is 2. The highest BCUT2D eigenvalue weighted by Crippen LogP contribution is 2.18. The minimum Gasteiger partial charge on any atom is -0.497 e. The van der Waals surface area contributed by atoms with Crippen molar-refractivity contribution in [2.24, 2.45) is 10.7 Å². The molecule has 0 aromatic heterocycles. The van der Waals surface area contributed by atoms with E-state index >= 15 is 0 Å². The highest BCUT2D eigenvalue weighted by Gasteiger charge is 2.23. The summed E-state index contributed by atoms with van der Waals surface area (Å²) in [6, 6.07) is 8.09. The molecule has 6 nitrogen and oxygen atoms in total. The third-order valence-electron chi connectivity index (χ3n) is 3.90. The number of nitrogens with two attached hydrogens (primary N) is 1. The van der Waals surface area contributed by atoms with Crippen LogP contribution in [0.4, 0.5) is 5.69 Å². The topological polar surface area (TPSA) is 72.1 Å².